The summed E-state index contributed by atoms with van der Waals surface area (Å²) < 4.78 is 6.22. The molecule has 1 aromatic carbocycles. The lowest BCUT2D eigenvalue weighted by atomic mass is 10.2. The third kappa shape index (κ3) is 5.13. The minimum absolute atomic E-state index is 0.0889. The molecule has 2 rings (SSSR count). The van der Waals surface area contributed by atoms with Crippen LogP contribution in [0.1, 0.15) is 26.5 Å². The number of amides is 1. The van der Waals surface area contributed by atoms with Crippen molar-refractivity contribution in [3.05, 3.63) is 55.8 Å². The number of halogens is 1. The summed E-state index contributed by atoms with van der Waals surface area (Å²) in [6, 6.07) is 10.8. The Labute approximate surface area is 140 Å². The molecule has 0 aliphatic heterocycles. The molecule has 1 amide bonds. The van der Waals surface area contributed by atoms with Gasteiger partial charge in [0.15, 0.2) is 0 Å². The smallest absolute Gasteiger partial charge is 0.338 e. The number of carbonyl (C=O) groups excluding carboxylic acids is 2. The minimum atomic E-state index is -0.337. The molecule has 0 saturated heterocycles. The van der Waals surface area contributed by atoms with Gasteiger partial charge in [-0.2, -0.15) is 0 Å². The molecule has 2 aromatic rings. The summed E-state index contributed by atoms with van der Waals surface area (Å²) in [6.07, 6.45) is 0.590. The molecule has 0 spiro atoms. The number of rotatable bonds is 6. The summed E-state index contributed by atoms with van der Waals surface area (Å²) >= 11 is 3.58. The van der Waals surface area contributed by atoms with Crippen LogP contribution in [-0.4, -0.2) is 25.0 Å². The highest BCUT2D eigenvalue weighted by Gasteiger charge is 2.07. The van der Waals surface area contributed by atoms with E-state index >= 15 is 0 Å². The lowest BCUT2D eigenvalue weighted by Crippen LogP contribution is -2.24. The van der Waals surface area contributed by atoms with Crippen LogP contribution in [0, 0.1) is 3.57 Å². The molecule has 0 fully saturated rings. The molecule has 21 heavy (non-hydrogen) atoms. The zero-order chi connectivity index (χ0) is 15.1. The lowest BCUT2D eigenvalue weighted by molar-refractivity contribution is 0.0501. The van der Waals surface area contributed by atoms with E-state index in [9.17, 15) is 9.59 Å². The average molecular weight is 415 g/mol. The third-order valence-electron chi connectivity index (χ3n) is 2.66. The molecule has 6 heteroatoms. The van der Waals surface area contributed by atoms with Gasteiger partial charge in [-0.25, -0.2) is 4.79 Å². The fraction of sp³-hybridized carbons (Fsp3) is 0.200. The maximum atomic E-state index is 11.7. The summed E-state index contributed by atoms with van der Waals surface area (Å²) in [5.74, 6) is -0.426. The van der Waals surface area contributed by atoms with Crippen molar-refractivity contribution in [3.63, 3.8) is 0 Å². The maximum Gasteiger partial charge on any atom is 0.338 e. The molecule has 110 valence electrons. The van der Waals surface area contributed by atoms with Crippen LogP contribution in [0.15, 0.2) is 41.8 Å². The SMILES string of the molecule is O=C(OCCCNC(=O)c1cccs1)c1ccc(I)cc1. The van der Waals surface area contributed by atoms with E-state index in [1.54, 1.807) is 18.2 Å². The van der Waals surface area contributed by atoms with E-state index in [1.165, 1.54) is 11.3 Å². The average Bonchev–Trinajstić information content (AvgIpc) is 3.01. The first-order valence-electron chi connectivity index (χ1n) is 6.41. The second kappa shape index (κ2) is 8.14. The van der Waals surface area contributed by atoms with Gasteiger partial charge in [-0.15, -0.1) is 11.3 Å². The van der Waals surface area contributed by atoms with Crippen LogP contribution in [0.4, 0.5) is 0 Å². The molecule has 0 atom stereocenters. The molecule has 0 saturated carbocycles. The fourth-order valence-electron chi connectivity index (χ4n) is 1.60. The predicted molar refractivity (Wildman–Crippen MR) is 90.7 cm³/mol. The first-order chi connectivity index (χ1) is 10.2. The van der Waals surface area contributed by atoms with Crippen molar-refractivity contribution in [2.75, 3.05) is 13.2 Å². The molecular weight excluding hydrogens is 401 g/mol. The van der Waals surface area contributed by atoms with Crippen molar-refractivity contribution >= 4 is 45.8 Å². The van der Waals surface area contributed by atoms with Crippen LogP contribution < -0.4 is 5.32 Å². The Hall–Kier alpha value is -1.41. The normalized spacial score (nSPS) is 10.1. The number of thiophene rings is 1. The van der Waals surface area contributed by atoms with Crippen LogP contribution in [0.3, 0.4) is 0 Å². The molecular formula is C15H14INO3S. The fourth-order valence-corrected chi connectivity index (χ4v) is 2.60. The number of hydrogen-bond acceptors (Lipinski definition) is 4. The molecule has 0 bridgehead atoms. The van der Waals surface area contributed by atoms with Gasteiger partial charge < -0.3 is 10.1 Å². The summed E-state index contributed by atoms with van der Waals surface area (Å²) in [6.45, 7) is 0.770. The minimum Gasteiger partial charge on any atom is -0.462 e. The molecule has 1 aromatic heterocycles. The zero-order valence-corrected chi connectivity index (χ0v) is 14.1. The van der Waals surface area contributed by atoms with Crippen LogP contribution in [0.2, 0.25) is 0 Å². The Morgan fingerprint density at radius 3 is 2.62 bits per heavy atom. The Morgan fingerprint density at radius 1 is 1.19 bits per heavy atom. The number of carbonyl (C=O) groups is 2. The molecule has 4 nitrogen and oxygen atoms in total. The Bertz CT molecular complexity index is 596. The topological polar surface area (TPSA) is 55.4 Å². The number of hydrogen-bond donors (Lipinski definition) is 1. The van der Waals surface area contributed by atoms with E-state index < -0.39 is 0 Å². The van der Waals surface area contributed by atoms with Crippen molar-refractivity contribution in [2.24, 2.45) is 0 Å². The van der Waals surface area contributed by atoms with E-state index in [1.807, 2.05) is 23.6 Å². The van der Waals surface area contributed by atoms with Gasteiger partial charge >= 0.3 is 5.97 Å². The quantitative estimate of drug-likeness (QED) is 0.448. The monoisotopic (exact) mass is 415 g/mol. The number of nitrogens with one attached hydrogen (secondary N) is 1. The molecule has 1 heterocycles. The number of benzene rings is 1. The zero-order valence-electron chi connectivity index (χ0n) is 11.2. The molecule has 0 radical (unpaired) electrons. The number of ether oxygens (including phenoxy) is 1. The highest BCUT2D eigenvalue weighted by Crippen LogP contribution is 2.09. The van der Waals surface area contributed by atoms with E-state index in [4.69, 9.17) is 4.74 Å². The molecule has 0 unspecified atom stereocenters. The Balaban J connectivity index is 1.64. The van der Waals surface area contributed by atoms with Gasteiger partial charge in [0, 0.05) is 10.1 Å². The summed E-state index contributed by atoms with van der Waals surface area (Å²) in [4.78, 5) is 24.1. The Morgan fingerprint density at radius 2 is 1.95 bits per heavy atom. The predicted octanol–water partition coefficient (Wildman–Crippen LogP) is 3.33. The lowest BCUT2D eigenvalue weighted by Gasteiger charge is -2.06. The van der Waals surface area contributed by atoms with E-state index in [0.717, 1.165) is 3.57 Å². The maximum absolute atomic E-state index is 11.7. The van der Waals surface area contributed by atoms with Crippen molar-refractivity contribution in [1.29, 1.82) is 0 Å². The van der Waals surface area contributed by atoms with Gasteiger partial charge in [-0.1, -0.05) is 6.07 Å². The highest BCUT2D eigenvalue weighted by atomic mass is 127. The molecule has 1 N–H and O–H groups in total. The van der Waals surface area contributed by atoms with Crippen molar-refractivity contribution < 1.29 is 14.3 Å². The van der Waals surface area contributed by atoms with Crippen molar-refractivity contribution in [1.82, 2.24) is 5.32 Å². The number of esters is 1. The Kier molecular flexibility index (Phi) is 6.19. The van der Waals surface area contributed by atoms with E-state index in [2.05, 4.69) is 27.9 Å². The van der Waals surface area contributed by atoms with Gasteiger partial charge in [0.25, 0.3) is 5.91 Å². The van der Waals surface area contributed by atoms with Crippen molar-refractivity contribution in [3.8, 4) is 0 Å². The van der Waals surface area contributed by atoms with Crippen LogP contribution >= 0.6 is 33.9 Å². The van der Waals surface area contributed by atoms with Crippen LogP contribution in [-0.2, 0) is 4.74 Å². The molecule has 0 aliphatic carbocycles. The standard InChI is InChI=1S/C15H14INO3S/c16-12-6-4-11(5-7-12)15(19)20-9-2-8-17-14(18)13-3-1-10-21-13/h1,3-7,10H,2,8-9H2,(H,17,18). The first-order valence-corrected chi connectivity index (χ1v) is 8.37. The first kappa shape index (κ1) is 16.0. The third-order valence-corrected chi connectivity index (χ3v) is 4.25. The molecule has 0 aliphatic rings. The van der Waals surface area contributed by atoms with E-state index in [0.29, 0.717) is 23.4 Å². The summed E-state index contributed by atoms with van der Waals surface area (Å²) in [5.41, 5.74) is 0.540. The van der Waals surface area contributed by atoms with Gasteiger partial charge in [0.05, 0.1) is 17.0 Å². The summed E-state index contributed by atoms with van der Waals surface area (Å²) in [5, 5.41) is 4.64. The van der Waals surface area contributed by atoms with Gasteiger partial charge in [-0.3, -0.25) is 4.79 Å². The van der Waals surface area contributed by atoms with Gasteiger partial charge in [0.2, 0.25) is 0 Å². The van der Waals surface area contributed by atoms with Crippen molar-refractivity contribution in [2.45, 2.75) is 6.42 Å². The van der Waals surface area contributed by atoms with Crippen LogP contribution in [0.5, 0.6) is 0 Å². The van der Waals surface area contributed by atoms with Gasteiger partial charge in [-0.05, 0) is 64.7 Å². The largest absolute Gasteiger partial charge is 0.462 e. The van der Waals surface area contributed by atoms with E-state index in [-0.39, 0.29) is 18.5 Å². The second-order valence-electron chi connectivity index (χ2n) is 4.23. The highest BCUT2D eigenvalue weighted by molar-refractivity contribution is 14.1. The summed E-state index contributed by atoms with van der Waals surface area (Å²) in [7, 11) is 0. The van der Waals surface area contributed by atoms with Gasteiger partial charge in [0.1, 0.15) is 0 Å². The van der Waals surface area contributed by atoms with Crippen LogP contribution in [0.25, 0.3) is 0 Å². The second-order valence-corrected chi connectivity index (χ2v) is 6.42.